The van der Waals surface area contributed by atoms with Crippen LogP contribution in [0.4, 0.5) is 0 Å². The van der Waals surface area contributed by atoms with Crippen molar-refractivity contribution in [1.29, 1.82) is 0 Å². The molecule has 0 amide bonds. The second-order valence-electron chi connectivity index (χ2n) is 2.90. The van der Waals surface area contributed by atoms with Crippen LogP contribution < -0.4 is 11.5 Å². The maximum absolute atomic E-state index is 10.3. The summed E-state index contributed by atoms with van der Waals surface area (Å²) in [4.78, 5) is 10.3. The van der Waals surface area contributed by atoms with E-state index < -0.39 is 12.0 Å². The Bertz CT molecular complexity index is 257. The van der Waals surface area contributed by atoms with E-state index in [1.54, 1.807) is 18.2 Å². The molecule has 0 aliphatic heterocycles. The fourth-order valence-corrected chi connectivity index (χ4v) is 0.982. The predicted molar refractivity (Wildman–Crippen MR) is 56.5 cm³/mol. The van der Waals surface area contributed by atoms with Crippen LogP contribution in [0.2, 0.25) is 0 Å². The highest BCUT2D eigenvalue weighted by Crippen LogP contribution is 2.07. The Kier molecular flexibility index (Phi) is 6.15. The average Bonchev–Trinajstić information content (AvgIpc) is 2.10. The zero-order valence-corrected chi connectivity index (χ0v) is 8.02. The number of rotatable bonds is 6. The Hall–Kier alpha value is -1.55. The van der Waals surface area contributed by atoms with Crippen molar-refractivity contribution in [1.82, 2.24) is 0 Å². The van der Waals surface area contributed by atoms with Gasteiger partial charge in [0, 0.05) is 6.04 Å². The molecule has 4 nitrogen and oxygen atoms in total. The lowest BCUT2D eigenvalue weighted by Crippen LogP contribution is -2.24. The third kappa shape index (κ3) is 6.02. The van der Waals surface area contributed by atoms with Gasteiger partial charge >= 0.3 is 5.97 Å². The van der Waals surface area contributed by atoms with Crippen molar-refractivity contribution in [2.75, 3.05) is 0 Å². The van der Waals surface area contributed by atoms with Crippen molar-refractivity contribution in [3.8, 4) is 0 Å². The van der Waals surface area contributed by atoms with E-state index in [9.17, 15) is 4.79 Å². The molecule has 0 spiro atoms. The van der Waals surface area contributed by atoms with Gasteiger partial charge in [-0.05, 0) is 18.2 Å². The fraction of sp³-hybridized carbons (Fsp3) is 0.300. The van der Waals surface area contributed by atoms with E-state index in [2.05, 4.69) is 6.58 Å². The summed E-state index contributed by atoms with van der Waals surface area (Å²) in [5.41, 5.74) is 11.7. The van der Waals surface area contributed by atoms with Crippen LogP contribution >= 0.6 is 0 Å². The molecule has 0 heterocycles. The molecule has 0 radical (unpaired) electrons. The van der Waals surface area contributed by atoms with Crippen molar-refractivity contribution >= 4 is 5.97 Å². The van der Waals surface area contributed by atoms with E-state index in [1.807, 2.05) is 0 Å². The van der Waals surface area contributed by atoms with Gasteiger partial charge in [0.1, 0.15) is 0 Å². The second kappa shape index (κ2) is 6.91. The molecule has 0 rings (SSSR count). The zero-order chi connectivity index (χ0) is 11.0. The molecule has 0 bridgehead atoms. The third-order valence-corrected chi connectivity index (χ3v) is 1.60. The van der Waals surface area contributed by atoms with Gasteiger partial charge in [0.05, 0.1) is 6.42 Å². The molecule has 0 aliphatic rings. The number of carboxylic acid groups (broad SMARTS) is 1. The van der Waals surface area contributed by atoms with Gasteiger partial charge < -0.3 is 16.6 Å². The number of nitrogens with two attached hydrogens (primary N) is 2. The molecule has 0 aliphatic carbocycles. The largest absolute Gasteiger partial charge is 0.481 e. The minimum atomic E-state index is -0.901. The topological polar surface area (TPSA) is 89.3 Å². The van der Waals surface area contributed by atoms with Crippen molar-refractivity contribution in [2.24, 2.45) is 11.5 Å². The number of carbonyl (C=O) groups is 1. The first-order chi connectivity index (χ1) is 6.60. The van der Waals surface area contributed by atoms with Crippen LogP contribution in [0.25, 0.3) is 0 Å². The van der Waals surface area contributed by atoms with E-state index in [-0.39, 0.29) is 6.42 Å². The minimum Gasteiger partial charge on any atom is -0.481 e. The standard InChI is InChI=1S/C10H16N2O2/c1-2-3-4-8(7-11)5-9(12)6-10(13)14/h2-4,7,9H,1,5-6,11-12H2,(H,13,14)/b4-3-,8-7+/t9-/m0/s1. The van der Waals surface area contributed by atoms with E-state index in [1.165, 1.54) is 6.20 Å². The van der Waals surface area contributed by atoms with Crippen molar-refractivity contribution in [3.05, 3.63) is 36.6 Å². The average molecular weight is 196 g/mol. The molecule has 0 saturated carbocycles. The van der Waals surface area contributed by atoms with Crippen LogP contribution in [0.15, 0.2) is 36.6 Å². The summed E-state index contributed by atoms with van der Waals surface area (Å²) in [5.74, 6) is -0.901. The van der Waals surface area contributed by atoms with E-state index >= 15 is 0 Å². The second-order valence-corrected chi connectivity index (χ2v) is 2.90. The lowest BCUT2D eigenvalue weighted by molar-refractivity contribution is -0.137. The first-order valence-electron chi connectivity index (χ1n) is 4.27. The molecular weight excluding hydrogens is 180 g/mol. The molecular formula is C10H16N2O2. The van der Waals surface area contributed by atoms with Crippen LogP contribution in [0.1, 0.15) is 12.8 Å². The molecule has 78 valence electrons. The molecule has 1 atom stereocenters. The summed E-state index contributed by atoms with van der Waals surface area (Å²) in [7, 11) is 0. The van der Waals surface area contributed by atoms with Crippen molar-refractivity contribution in [3.63, 3.8) is 0 Å². The van der Waals surface area contributed by atoms with Gasteiger partial charge in [-0.3, -0.25) is 4.79 Å². The maximum atomic E-state index is 10.3. The summed E-state index contributed by atoms with van der Waals surface area (Å²) in [6.07, 6.45) is 6.92. The summed E-state index contributed by atoms with van der Waals surface area (Å²) < 4.78 is 0. The highest BCUT2D eigenvalue weighted by atomic mass is 16.4. The molecule has 0 aromatic heterocycles. The van der Waals surface area contributed by atoms with Gasteiger partial charge in [0.2, 0.25) is 0 Å². The number of hydrogen-bond acceptors (Lipinski definition) is 3. The molecule has 14 heavy (non-hydrogen) atoms. The quantitative estimate of drug-likeness (QED) is 0.547. The van der Waals surface area contributed by atoms with Crippen molar-refractivity contribution in [2.45, 2.75) is 18.9 Å². The highest BCUT2D eigenvalue weighted by Gasteiger charge is 2.08. The van der Waals surface area contributed by atoms with E-state index in [4.69, 9.17) is 16.6 Å². The first kappa shape index (κ1) is 12.4. The third-order valence-electron chi connectivity index (χ3n) is 1.60. The molecule has 4 heteroatoms. The lowest BCUT2D eigenvalue weighted by atomic mass is 10.0. The highest BCUT2D eigenvalue weighted by molar-refractivity contribution is 5.67. The maximum Gasteiger partial charge on any atom is 0.304 e. The Balaban J connectivity index is 4.12. The van der Waals surface area contributed by atoms with Gasteiger partial charge in [0.15, 0.2) is 0 Å². The smallest absolute Gasteiger partial charge is 0.304 e. The first-order valence-corrected chi connectivity index (χ1v) is 4.27. The molecule has 0 unspecified atom stereocenters. The Morgan fingerprint density at radius 2 is 2.14 bits per heavy atom. The van der Waals surface area contributed by atoms with Crippen molar-refractivity contribution < 1.29 is 9.90 Å². The normalized spacial score (nSPS) is 14.2. The van der Waals surface area contributed by atoms with E-state index in [0.29, 0.717) is 6.42 Å². The summed E-state index contributed by atoms with van der Waals surface area (Å²) in [6, 6.07) is -0.406. The molecule has 0 saturated heterocycles. The Morgan fingerprint density at radius 1 is 1.50 bits per heavy atom. The van der Waals surface area contributed by atoms with E-state index in [0.717, 1.165) is 5.57 Å². The number of hydrogen-bond donors (Lipinski definition) is 3. The fourth-order valence-electron chi connectivity index (χ4n) is 0.982. The molecule has 5 N–H and O–H groups in total. The monoisotopic (exact) mass is 196 g/mol. The van der Waals surface area contributed by atoms with Crippen LogP contribution in [-0.4, -0.2) is 17.1 Å². The minimum absolute atomic E-state index is 0.0563. The van der Waals surface area contributed by atoms with Crippen LogP contribution in [-0.2, 0) is 4.79 Å². The van der Waals surface area contributed by atoms with Gasteiger partial charge in [-0.2, -0.15) is 0 Å². The van der Waals surface area contributed by atoms with Gasteiger partial charge in [-0.1, -0.05) is 24.8 Å². The Labute approximate surface area is 83.6 Å². The van der Waals surface area contributed by atoms with Crippen LogP contribution in [0.5, 0.6) is 0 Å². The van der Waals surface area contributed by atoms with Gasteiger partial charge in [-0.15, -0.1) is 0 Å². The van der Waals surface area contributed by atoms with Gasteiger partial charge in [-0.25, -0.2) is 0 Å². The van der Waals surface area contributed by atoms with Gasteiger partial charge in [0.25, 0.3) is 0 Å². The molecule has 0 fully saturated rings. The molecule has 0 aromatic carbocycles. The SMILES string of the molecule is C=C/C=C\C(=C/N)C[C@H](N)CC(=O)O. The zero-order valence-electron chi connectivity index (χ0n) is 8.02. The number of aliphatic carboxylic acids is 1. The number of carboxylic acids is 1. The Morgan fingerprint density at radius 3 is 2.57 bits per heavy atom. The predicted octanol–water partition coefficient (Wildman–Crippen LogP) is 0.763. The van der Waals surface area contributed by atoms with Crippen LogP contribution in [0.3, 0.4) is 0 Å². The lowest BCUT2D eigenvalue weighted by Gasteiger charge is -2.08. The number of allylic oxidation sites excluding steroid dienone is 3. The summed E-state index contributed by atoms with van der Waals surface area (Å²) >= 11 is 0. The van der Waals surface area contributed by atoms with Crippen LogP contribution in [0, 0.1) is 0 Å². The summed E-state index contributed by atoms with van der Waals surface area (Å²) in [5, 5.41) is 8.48. The molecule has 0 aromatic rings. The summed E-state index contributed by atoms with van der Waals surface area (Å²) in [6.45, 7) is 3.51.